The summed E-state index contributed by atoms with van der Waals surface area (Å²) in [5.41, 5.74) is 1.51. The summed E-state index contributed by atoms with van der Waals surface area (Å²) < 4.78 is 45.4. The zero-order valence-electron chi connectivity index (χ0n) is 15.5. The lowest BCUT2D eigenvalue weighted by molar-refractivity contribution is -0.274. The molecule has 150 valence electrons. The van der Waals surface area contributed by atoms with Crippen molar-refractivity contribution >= 4 is 17.5 Å². The maximum absolute atomic E-state index is 12.5. The molecule has 0 aliphatic rings. The summed E-state index contributed by atoms with van der Waals surface area (Å²) in [4.78, 5) is 25.8. The van der Waals surface area contributed by atoms with E-state index in [-0.39, 0.29) is 18.1 Å². The van der Waals surface area contributed by atoms with Crippen LogP contribution in [0.2, 0.25) is 0 Å². The highest BCUT2D eigenvalue weighted by Crippen LogP contribution is 2.24. The van der Waals surface area contributed by atoms with Crippen molar-refractivity contribution in [2.45, 2.75) is 13.3 Å². The van der Waals surface area contributed by atoms with Gasteiger partial charge in [-0.3, -0.25) is 9.59 Å². The summed E-state index contributed by atoms with van der Waals surface area (Å²) in [6, 6.07) is 9.66. The average Bonchev–Trinajstić information content (AvgIpc) is 2.62. The first kappa shape index (κ1) is 21.1. The first-order valence-corrected chi connectivity index (χ1v) is 8.15. The number of methoxy groups -OCH3 is 1. The van der Waals surface area contributed by atoms with Crippen LogP contribution >= 0.6 is 0 Å². The first-order chi connectivity index (χ1) is 13.1. The second-order valence-electron chi connectivity index (χ2n) is 5.97. The second kappa shape index (κ2) is 8.64. The van der Waals surface area contributed by atoms with Crippen LogP contribution in [0.15, 0.2) is 42.5 Å². The number of ether oxygens (including phenoxy) is 2. The van der Waals surface area contributed by atoms with Gasteiger partial charge in [0.05, 0.1) is 13.7 Å². The third-order valence-electron chi connectivity index (χ3n) is 3.75. The number of halogens is 3. The van der Waals surface area contributed by atoms with Gasteiger partial charge in [0.25, 0.3) is 5.91 Å². The van der Waals surface area contributed by atoms with Crippen molar-refractivity contribution < 1.29 is 32.2 Å². The standard InChI is InChI=1S/C19H19F3N2O4/c1-12-4-5-13(10-16(12)27-3)18(26)24(2)11-17(25)23-14-6-8-15(9-7-14)28-19(20,21)22/h4-10H,11H2,1-3H3,(H,23,25). The predicted molar refractivity (Wildman–Crippen MR) is 96.4 cm³/mol. The lowest BCUT2D eigenvalue weighted by atomic mass is 10.1. The SMILES string of the molecule is COc1cc(C(=O)N(C)CC(=O)Nc2ccc(OC(F)(F)F)cc2)ccc1C. The van der Waals surface area contributed by atoms with Crippen molar-refractivity contribution in [1.82, 2.24) is 4.90 Å². The Hall–Kier alpha value is -3.23. The summed E-state index contributed by atoms with van der Waals surface area (Å²) in [5.74, 6) is -0.710. The number of alkyl halides is 3. The molecule has 2 amide bonds. The molecule has 0 spiro atoms. The van der Waals surface area contributed by atoms with Crippen molar-refractivity contribution in [3.63, 3.8) is 0 Å². The van der Waals surface area contributed by atoms with Gasteiger partial charge in [0, 0.05) is 18.3 Å². The van der Waals surface area contributed by atoms with Gasteiger partial charge in [0.15, 0.2) is 0 Å². The number of carbonyl (C=O) groups excluding carboxylic acids is 2. The molecule has 0 unspecified atom stereocenters. The van der Waals surface area contributed by atoms with E-state index < -0.39 is 18.0 Å². The average molecular weight is 396 g/mol. The van der Waals surface area contributed by atoms with Crippen molar-refractivity contribution in [2.24, 2.45) is 0 Å². The molecular formula is C19H19F3N2O4. The largest absolute Gasteiger partial charge is 0.573 e. The Kier molecular flexibility index (Phi) is 6.50. The van der Waals surface area contributed by atoms with Crippen LogP contribution in [0.25, 0.3) is 0 Å². The molecule has 0 saturated heterocycles. The first-order valence-electron chi connectivity index (χ1n) is 8.15. The number of aryl methyl sites for hydroxylation is 1. The molecular weight excluding hydrogens is 377 g/mol. The Bertz CT molecular complexity index is 851. The molecule has 0 aliphatic carbocycles. The fourth-order valence-electron chi connectivity index (χ4n) is 2.40. The van der Waals surface area contributed by atoms with E-state index in [1.165, 1.54) is 31.2 Å². The normalized spacial score (nSPS) is 10.9. The van der Waals surface area contributed by atoms with Crippen LogP contribution in [0.1, 0.15) is 15.9 Å². The van der Waals surface area contributed by atoms with E-state index in [1.54, 1.807) is 18.2 Å². The zero-order chi connectivity index (χ0) is 20.9. The second-order valence-corrected chi connectivity index (χ2v) is 5.97. The molecule has 6 nitrogen and oxygen atoms in total. The summed E-state index contributed by atoms with van der Waals surface area (Å²) in [7, 11) is 2.97. The maximum atomic E-state index is 12.5. The Labute approximate surface area is 159 Å². The Balaban J connectivity index is 1.96. The molecule has 0 aliphatic heterocycles. The van der Waals surface area contributed by atoms with E-state index in [9.17, 15) is 22.8 Å². The third-order valence-corrected chi connectivity index (χ3v) is 3.75. The minimum atomic E-state index is -4.79. The summed E-state index contributed by atoms with van der Waals surface area (Å²) in [6.07, 6.45) is -4.79. The van der Waals surface area contributed by atoms with Crippen LogP contribution in [-0.4, -0.2) is 43.8 Å². The monoisotopic (exact) mass is 396 g/mol. The number of amides is 2. The molecule has 0 bridgehead atoms. The number of nitrogens with zero attached hydrogens (tertiary/aromatic N) is 1. The molecule has 0 atom stereocenters. The lowest BCUT2D eigenvalue weighted by Gasteiger charge is -2.18. The molecule has 0 aromatic heterocycles. The van der Waals surface area contributed by atoms with Crippen molar-refractivity contribution in [3.05, 3.63) is 53.6 Å². The van der Waals surface area contributed by atoms with Crippen LogP contribution in [0, 0.1) is 6.92 Å². The molecule has 0 saturated carbocycles. The molecule has 2 rings (SSSR count). The van der Waals surface area contributed by atoms with Crippen molar-refractivity contribution in [2.75, 3.05) is 26.0 Å². The number of nitrogens with one attached hydrogen (secondary N) is 1. The zero-order valence-corrected chi connectivity index (χ0v) is 15.5. The molecule has 9 heteroatoms. The van der Waals surface area contributed by atoms with Gasteiger partial charge >= 0.3 is 6.36 Å². The number of carbonyl (C=O) groups is 2. The number of hydrogen-bond donors (Lipinski definition) is 1. The van der Waals surface area contributed by atoms with Gasteiger partial charge in [0.1, 0.15) is 11.5 Å². The van der Waals surface area contributed by atoms with Crippen LogP contribution in [0.4, 0.5) is 18.9 Å². The van der Waals surface area contributed by atoms with Crippen LogP contribution in [0.5, 0.6) is 11.5 Å². The van der Waals surface area contributed by atoms with Gasteiger partial charge in [0.2, 0.25) is 5.91 Å². The molecule has 0 radical (unpaired) electrons. The fraction of sp³-hybridized carbons (Fsp3) is 0.263. The van der Waals surface area contributed by atoms with Gasteiger partial charge in [-0.25, -0.2) is 0 Å². The van der Waals surface area contributed by atoms with Gasteiger partial charge < -0.3 is 19.7 Å². The summed E-state index contributed by atoms with van der Waals surface area (Å²) in [6.45, 7) is 1.60. The minimum absolute atomic E-state index is 0.240. The topological polar surface area (TPSA) is 67.9 Å². The van der Waals surface area contributed by atoms with E-state index in [4.69, 9.17) is 4.74 Å². The Morgan fingerprint density at radius 3 is 2.32 bits per heavy atom. The number of hydrogen-bond acceptors (Lipinski definition) is 4. The van der Waals surface area contributed by atoms with E-state index in [2.05, 4.69) is 10.1 Å². The van der Waals surface area contributed by atoms with Crippen LogP contribution in [0.3, 0.4) is 0 Å². The highest BCUT2D eigenvalue weighted by molar-refractivity contribution is 5.99. The van der Waals surface area contributed by atoms with Gasteiger partial charge in [-0.15, -0.1) is 13.2 Å². The van der Waals surface area contributed by atoms with E-state index in [0.29, 0.717) is 11.3 Å². The smallest absolute Gasteiger partial charge is 0.496 e. The molecule has 1 N–H and O–H groups in total. The van der Waals surface area contributed by atoms with Gasteiger partial charge in [-0.05, 0) is 48.9 Å². The molecule has 2 aromatic rings. The highest BCUT2D eigenvalue weighted by atomic mass is 19.4. The minimum Gasteiger partial charge on any atom is -0.496 e. The van der Waals surface area contributed by atoms with E-state index >= 15 is 0 Å². The highest BCUT2D eigenvalue weighted by Gasteiger charge is 2.31. The molecule has 28 heavy (non-hydrogen) atoms. The van der Waals surface area contributed by atoms with E-state index in [1.807, 2.05) is 6.92 Å². The van der Waals surface area contributed by atoms with Crippen LogP contribution < -0.4 is 14.8 Å². The quantitative estimate of drug-likeness (QED) is 0.810. The molecule has 0 fully saturated rings. The predicted octanol–water partition coefficient (Wildman–Crippen LogP) is 3.61. The van der Waals surface area contributed by atoms with E-state index in [0.717, 1.165) is 17.7 Å². The third kappa shape index (κ3) is 5.90. The van der Waals surface area contributed by atoms with Gasteiger partial charge in [-0.2, -0.15) is 0 Å². The summed E-state index contributed by atoms with van der Waals surface area (Å²) in [5, 5.41) is 2.51. The van der Waals surface area contributed by atoms with Crippen molar-refractivity contribution in [1.29, 1.82) is 0 Å². The van der Waals surface area contributed by atoms with Crippen molar-refractivity contribution in [3.8, 4) is 11.5 Å². The fourth-order valence-corrected chi connectivity index (χ4v) is 2.40. The number of benzene rings is 2. The number of rotatable bonds is 6. The van der Waals surface area contributed by atoms with Gasteiger partial charge in [-0.1, -0.05) is 6.07 Å². The lowest BCUT2D eigenvalue weighted by Crippen LogP contribution is -2.34. The summed E-state index contributed by atoms with van der Waals surface area (Å²) >= 11 is 0. The number of anilines is 1. The molecule has 0 heterocycles. The van der Waals surface area contributed by atoms with Crippen LogP contribution in [-0.2, 0) is 4.79 Å². The molecule has 2 aromatic carbocycles. The Morgan fingerprint density at radius 2 is 1.75 bits per heavy atom. The number of likely N-dealkylation sites (N-methyl/N-ethyl adjacent to an activating group) is 1. The maximum Gasteiger partial charge on any atom is 0.573 e. The Morgan fingerprint density at radius 1 is 1.11 bits per heavy atom.